The number of rotatable bonds is 9. The van der Waals surface area contributed by atoms with Crippen LogP contribution in [0.5, 0.6) is 0 Å². The molecule has 36 heavy (non-hydrogen) atoms. The number of tetrazole rings is 1. The second-order valence-electron chi connectivity index (χ2n) is 8.95. The standard InChI is InChI=1S/C28H29N7O/c1-3-4-13-26-31-35(19-23-10-6-5-9-20(23)2)28(36)34(26)18-21-14-16-22(17-15-21)24-11-7-8-12-25(24)27-29-32-33-30-27/h5-12,14-17H,3-4,13,18-19H2,1-2H3,(H,29,30,32,33). The van der Waals surface area contributed by atoms with Crippen molar-refractivity contribution in [3.8, 4) is 22.5 Å². The molecule has 0 aliphatic carbocycles. The van der Waals surface area contributed by atoms with Gasteiger partial charge in [0, 0.05) is 12.0 Å². The maximum absolute atomic E-state index is 13.4. The highest BCUT2D eigenvalue weighted by atomic mass is 16.2. The molecule has 0 bridgehead atoms. The molecule has 8 heteroatoms. The zero-order valence-electron chi connectivity index (χ0n) is 20.6. The molecule has 5 aromatic rings. The largest absolute Gasteiger partial charge is 0.346 e. The predicted octanol–water partition coefficient (Wildman–Crippen LogP) is 4.64. The molecular formula is C28H29N7O. The summed E-state index contributed by atoms with van der Waals surface area (Å²) in [6.07, 6.45) is 2.82. The van der Waals surface area contributed by atoms with Gasteiger partial charge in [-0.3, -0.25) is 4.57 Å². The van der Waals surface area contributed by atoms with E-state index in [4.69, 9.17) is 5.10 Å². The Labute approximate surface area is 209 Å². The van der Waals surface area contributed by atoms with Crippen molar-refractivity contribution >= 4 is 0 Å². The van der Waals surface area contributed by atoms with Crippen molar-refractivity contribution in [2.24, 2.45) is 0 Å². The summed E-state index contributed by atoms with van der Waals surface area (Å²) in [6.45, 7) is 5.17. The summed E-state index contributed by atoms with van der Waals surface area (Å²) in [7, 11) is 0. The first-order chi connectivity index (χ1) is 17.6. The van der Waals surface area contributed by atoms with Crippen LogP contribution in [0.4, 0.5) is 0 Å². The van der Waals surface area contributed by atoms with Crippen LogP contribution in [0.2, 0.25) is 0 Å². The van der Waals surface area contributed by atoms with E-state index in [0.29, 0.717) is 18.9 Å². The van der Waals surface area contributed by atoms with Crippen molar-refractivity contribution in [1.29, 1.82) is 0 Å². The van der Waals surface area contributed by atoms with E-state index in [0.717, 1.165) is 58.5 Å². The van der Waals surface area contributed by atoms with Crippen molar-refractivity contribution < 1.29 is 0 Å². The van der Waals surface area contributed by atoms with Crippen LogP contribution in [-0.4, -0.2) is 35.0 Å². The van der Waals surface area contributed by atoms with Gasteiger partial charge < -0.3 is 0 Å². The summed E-state index contributed by atoms with van der Waals surface area (Å²) in [5.41, 5.74) is 6.23. The van der Waals surface area contributed by atoms with Crippen molar-refractivity contribution in [3.63, 3.8) is 0 Å². The number of aryl methyl sites for hydroxylation is 2. The van der Waals surface area contributed by atoms with Gasteiger partial charge in [0.15, 0.2) is 0 Å². The van der Waals surface area contributed by atoms with Gasteiger partial charge in [-0.2, -0.15) is 10.3 Å². The average molecular weight is 480 g/mol. The lowest BCUT2D eigenvalue weighted by molar-refractivity contribution is 0.635. The molecule has 0 atom stereocenters. The molecule has 8 nitrogen and oxygen atoms in total. The Bertz CT molecular complexity index is 1500. The van der Waals surface area contributed by atoms with Gasteiger partial charge in [-0.25, -0.2) is 9.48 Å². The highest BCUT2D eigenvalue weighted by molar-refractivity contribution is 5.80. The number of H-pyrrole nitrogens is 1. The molecule has 0 aliphatic rings. The van der Waals surface area contributed by atoms with Crippen LogP contribution >= 0.6 is 0 Å². The molecular weight excluding hydrogens is 450 g/mol. The van der Waals surface area contributed by atoms with Gasteiger partial charge in [0.05, 0.1) is 13.1 Å². The third kappa shape index (κ3) is 4.88. The number of aromatic nitrogens is 7. The molecule has 1 N–H and O–H groups in total. The van der Waals surface area contributed by atoms with Gasteiger partial charge in [-0.1, -0.05) is 86.1 Å². The lowest BCUT2D eigenvalue weighted by atomic mass is 9.98. The minimum absolute atomic E-state index is 0.0733. The summed E-state index contributed by atoms with van der Waals surface area (Å²) >= 11 is 0. The maximum Gasteiger partial charge on any atom is 0.346 e. The van der Waals surface area contributed by atoms with E-state index in [2.05, 4.69) is 70.9 Å². The molecule has 0 saturated carbocycles. The summed E-state index contributed by atoms with van der Waals surface area (Å²) in [4.78, 5) is 13.4. The molecule has 0 fully saturated rings. The van der Waals surface area contributed by atoms with E-state index in [-0.39, 0.29) is 5.69 Å². The molecule has 2 heterocycles. The number of nitrogens with one attached hydrogen (secondary N) is 1. The van der Waals surface area contributed by atoms with Crippen molar-refractivity contribution in [2.75, 3.05) is 0 Å². The second-order valence-corrected chi connectivity index (χ2v) is 8.95. The number of nitrogens with zero attached hydrogens (tertiary/aromatic N) is 6. The fraction of sp³-hybridized carbons (Fsp3) is 0.250. The molecule has 0 aliphatic heterocycles. The van der Waals surface area contributed by atoms with E-state index >= 15 is 0 Å². The van der Waals surface area contributed by atoms with Gasteiger partial charge in [0.2, 0.25) is 5.82 Å². The van der Waals surface area contributed by atoms with Crippen LogP contribution in [0.25, 0.3) is 22.5 Å². The molecule has 3 aromatic carbocycles. The zero-order valence-corrected chi connectivity index (χ0v) is 20.6. The number of hydrogen-bond donors (Lipinski definition) is 1. The van der Waals surface area contributed by atoms with Crippen molar-refractivity contribution in [3.05, 3.63) is 106 Å². The van der Waals surface area contributed by atoms with E-state index in [1.54, 1.807) is 4.68 Å². The Balaban J connectivity index is 1.43. The normalized spacial score (nSPS) is 11.2. The average Bonchev–Trinajstić information content (AvgIpc) is 3.54. The van der Waals surface area contributed by atoms with Gasteiger partial charge in [-0.15, -0.1) is 10.2 Å². The Kier molecular flexibility index (Phi) is 6.84. The number of benzene rings is 3. The molecule has 0 spiro atoms. The summed E-state index contributed by atoms with van der Waals surface area (Å²) in [5, 5.41) is 19.2. The third-order valence-electron chi connectivity index (χ3n) is 6.45. The van der Waals surface area contributed by atoms with Crippen LogP contribution in [0.1, 0.15) is 42.3 Å². The lowest BCUT2D eigenvalue weighted by Crippen LogP contribution is -2.26. The van der Waals surface area contributed by atoms with Crippen LogP contribution in [0.3, 0.4) is 0 Å². The maximum atomic E-state index is 13.4. The molecule has 5 rings (SSSR count). The fourth-order valence-corrected chi connectivity index (χ4v) is 4.39. The van der Waals surface area contributed by atoms with E-state index in [1.165, 1.54) is 0 Å². The predicted molar refractivity (Wildman–Crippen MR) is 140 cm³/mol. The molecule has 2 aromatic heterocycles. The van der Waals surface area contributed by atoms with Crippen LogP contribution in [0.15, 0.2) is 77.6 Å². The quantitative estimate of drug-likeness (QED) is 0.332. The summed E-state index contributed by atoms with van der Waals surface area (Å²) < 4.78 is 3.42. The summed E-state index contributed by atoms with van der Waals surface area (Å²) in [5.74, 6) is 1.39. The van der Waals surface area contributed by atoms with Crippen molar-refractivity contribution in [2.45, 2.75) is 46.2 Å². The minimum atomic E-state index is -0.0733. The Hall–Kier alpha value is -4.33. The Morgan fingerprint density at radius 3 is 2.36 bits per heavy atom. The monoisotopic (exact) mass is 479 g/mol. The molecule has 0 unspecified atom stereocenters. The van der Waals surface area contributed by atoms with Gasteiger partial charge in [-0.05, 0) is 46.4 Å². The number of unbranched alkanes of at least 4 members (excludes halogenated alkanes) is 1. The first-order valence-electron chi connectivity index (χ1n) is 12.3. The highest BCUT2D eigenvalue weighted by Gasteiger charge is 2.15. The van der Waals surface area contributed by atoms with E-state index in [1.807, 2.05) is 41.0 Å². The lowest BCUT2D eigenvalue weighted by Gasteiger charge is -2.09. The first-order valence-corrected chi connectivity index (χ1v) is 12.3. The number of hydrogen-bond acceptors (Lipinski definition) is 5. The Morgan fingerprint density at radius 2 is 1.64 bits per heavy atom. The summed E-state index contributed by atoms with van der Waals surface area (Å²) in [6, 6.07) is 24.4. The molecule has 182 valence electrons. The van der Waals surface area contributed by atoms with E-state index < -0.39 is 0 Å². The van der Waals surface area contributed by atoms with E-state index in [9.17, 15) is 4.79 Å². The van der Waals surface area contributed by atoms with Crippen LogP contribution in [0, 0.1) is 6.92 Å². The van der Waals surface area contributed by atoms with Gasteiger partial charge in [0.25, 0.3) is 0 Å². The highest BCUT2D eigenvalue weighted by Crippen LogP contribution is 2.29. The topological polar surface area (TPSA) is 94.3 Å². The van der Waals surface area contributed by atoms with Crippen LogP contribution < -0.4 is 5.69 Å². The van der Waals surface area contributed by atoms with Crippen LogP contribution in [-0.2, 0) is 19.5 Å². The second kappa shape index (κ2) is 10.5. The smallest absolute Gasteiger partial charge is 0.274 e. The SMILES string of the molecule is CCCCc1nn(Cc2ccccc2C)c(=O)n1Cc1ccc(-c2ccccc2-c2nn[nH]n2)cc1. The zero-order chi connectivity index (χ0) is 24.9. The first kappa shape index (κ1) is 23.4. The minimum Gasteiger partial charge on any atom is -0.274 e. The Morgan fingerprint density at radius 1 is 0.889 bits per heavy atom. The number of aromatic amines is 1. The van der Waals surface area contributed by atoms with Gasteiger partial charge in [0.1, 0.15) is 5.82 Å². The third-order valence-corrected chi connectivity index (χ3v) is 6.45. The van der Waals surface area contributed by atoms with Crippen molar-refractivity contribution in [1.82, 2.24) is 35.0 Å². The fourth-order valence-electron chi connectivity index (χ4n) is 4.39. The molecule has 0 saturated heterocycles. The van der Waals surface area contributed by atoms with Gasteiger partial charge >= 0.3 is 5.69 Å². The molecule has 0 amide bonds. The molecule has 0 radical (unpaired) electrons.